The van der Waals surface area contributed by atoms with Crippen LogP contribution in [0.2, 0.25) is 0 Å². The molecule has 1 aliphatic heterocycles. The van der Waals surface area contributed by atoms with Crippen LogP contribution in [0.15, 0.2) is 42.5 Å². The smallest absolute Gasteiger partial charge is 0.127 e. The van der Waals surface area contributed by atoms with Gasteiger partial charge in [0.05, 0.1) is 0 Å². The molecule has 2 aromatic rings. The van der Waals surface area contributed by atoms with E-state index in [1.165, 1.54) is 0 Å². The van der Waals surface area contributed by atoms with Gasteiger partial charge in [-0.05, 0) is 54.7 Å². The van der Waals surface area contributed by atoms with Crippen LogP contribution in [0, 0.1) is 5.92 Å². The van der Waals surface area contributed by atoms with Crippen LogP contribution in [0.3, 0.4) is 0 Å². The maximum atomic E-state index is 9.92. The van der Waals surface area contributed by atoms with Crippen molar-refractivity contribution in [3.8, 4) is 17.2 Å². The van der Waals surface area contributed by atoms with Crippen LogP contribution in [0.1, 0.15) is 62.7 Å². The van der Waals surface area contributed by atoms with Gasteiger partial charge in [0.2, 0.25) is 0 Å². The summed E-state index contributed by atoms with van der Waals surface area (Å²) in [5.74, 6) is 2.20. The Hall–Kier alpha value is -2.16. The molecule has 0 saturated carbocycles. The molecule has 0 unspecified atom stereocenters. The van der Waals surface area contributed by atoms with Gasteiger partial charge in [-0.3, -0.25) is 0 Å². The molecule has 2 aromatic carbocycles. The average molecular weight is 326 g/mol. The van der Waals surface area contributed by atoms with Crippen LogP contribution >= 0.6 is 0 Å². The van der Waals surface area contributed by atoms with Crippen molar-refractivity contribution >= 4 is 0 Å². The standard InChI is InChI=1S/C21H26O3/c1-3-5-17-18(6-4-2)21(14-7-9-15(22)10-8-14)24-20-12-11-16(23)13-19(17)20/h7-13,17-18,21-23H,3-6H2,1-2H3/t17-,18+,21+/m0/s1. The number of phenols is 2. The molecule has 1 heterocycles. The fourth-order valence-electron chi connectivity index (χ4n) is 3.94. The van der Waals surface area contributed by atoms with Gasteiger partial charge < -0.3 is 14.9 Å². The molecule has 1 aliphatic rings. The summed E-state index contributed by atoms with van der Waals surface area (Å²) < 4.78 is 6.36. The van der Waals surface area contributed by atoms with Crippen LogP contribution in [-0.2, 0) is 0 Å². The fraction of sp³-hybridized carbons (Fsp3) is 0.429. The van der Waals surface area contributed by atoms with Crippen LogP contribution in [0.4, 0.5) is 0 Å². The molecule has 3 atom stereocenters. The van der Waals surface area contributed by atoms with Crippen LogP contribution < -0.4 is 4.74 Å². The van der Waals surface area contributed by atoms with Crippen molar-refractivity contribution < 1.29 is 14.9 Å². The van der Waals surface area contributed by atoms with Gasteiger partial charge in [-0.2, -0.15) is 0 Å². The number of aromatic hydroxyl groups is 2. The topological polar surface area (TPSA) is 49.7 Å². The molecule has 0 aromatic heterocycles. The number of hydrogen-bond donors (Lipinski definition) is 2. The molecule has 0 spiro atoms. The minimum absolute atomic E-state index is 0.0147. The molecule has 128 valence electrons. The van der Waals surface area contributed by atoms with E-state index >= 15 is 0 Å². The summed E-state index contributed by atoms with van der Waals surface area (Å²) in [4.78, 5) is 0. The van der Waals surface area contributed by atoms with Crippen molar-refractivity contribution in [1.29, 1.82) is 0 Å². The molecular formula is C21H26O3. The Kier molecular flexibility index (Phi) is 4.98. The first-order chi connectivity index (χ1) is 11.6. The maximum absolute atomic E-state index is 9.92. The molecule has 0 aliphatic carbocycles. The van der Waals surface area contributed by atoms with Gasteiger partial charge >= 0.3 is 0 Å². The number of hydrogen-bond acceptors (Lipinski definition) is 3. The zero-order valence-corrected chi connectivity index (χ0v) is 14.4. The molecule has 0 bridgehead atoms. The Morgan fingerprint density at radius 1 is 0.875 bits per heavy atom. The van der Waals surface area contributed by atoms with E-state index in [9.17, 15) is 10.2 Å². The molecule has 0 fully saturated rings. The summed E-state index contributed by atoms with van der Waals surface area (Å²) in [6.07, 6.45) is 4.34. The number of phenolic OH excluding ortho intramolecular Hbond substituents is 2. The molecular weight excluding hydrogens is 300 g/mol. The van der Waals surface area contributed by atoms with Crippen molar-refractivity contribution in [1.82, 2.24) is 0 Å². The number of fused-ring (bicyclic) bond motifs is 1. The zero-order chi connectivity index (χ0) is 17.1. The third-order valence-electron chi connectivity index (χ3n) is 5.00. The summed E-state index contributed by atoms with van der Waals surface area (Å²) in [6, 6.07) is 12.8. The lowest BCUT2D eigenvalue weighted by Crippen LogP contribution is -2.30. The van der Waals surface area contributed by atoms with Crippen LogP contribution in [0.5, 0.6) is 17.2 Å². The lowest BCUT2D eigenvalue weighted by atomic mass is 9.73. The van der Waals surface area contributed by atoms with Gasteiger partial charge in [-0.1, -0.05) is 38.8 Å². The van der Waals surface area contributed by atoms with Gasteiger partial charge in [-0.25, -0.2) is 0 Å². The first-order valence-electron chi connectivity index (χ1n) is 8.92. The fourth-order valence-corrected chi connectivity index (χ4v) is 3.94. The third kappa shape index (κ3) is 3.21. The van der Waals surface area contributed by atoms with Crippen molar-refractivity contribution in [2.24, 2.45) is 5.92 Å². The second-order valence-corrected chi connectivity index (χ2v) is 6.70. The molecule has 0 saturated heterocycles. The normalized spacial score (nSPS) is 22.7. The minimum atomic E-state index is -0.0147. The SMILES string of the molecule is CCC[C@@H]1[C@H](CCC)c2cc(O)ccc2O[C@@H]1c1ccc(O)cc1. The van der Waals surface area contributed by atoms with E-state index in [1.807, 2.05) is 24.3 Å². The van der Waals surface area contributed by atoms with Gasteiger partial charge in [0.25, 0.3) is 0 Å². The van der Waals surface area contributed by atoms with E-state index in [0.29, 0.717) is 17.6 Å². The highest BCUT2D eigenvalue weighted by Gasteiger charge is 2.38. The Bertz CT molecular complexity index is 678. The summed E-state index contributed by atoms with van der Waals surface area (Å²) in [6.45, 7) is 4.41. The Morgan fingerprint density at radius 2 is 1.54 bits per heavy atom. The summed E-state index contributed by atoms with van der Waals surface area (Å²) in [5.41, 5.74) is 2.23. The Labute approximate surface area is 143 Å². The average Bonchev–Trinajstić information content (AvgIpc) is 2.58. The van der Waals surface area contributed by atoms with Crippen molar-refractivity contribution in [2.45, 2.75) is 51.6 Å². The molecule has 3 heteroatoms. The maximum Gasteiger partial charge on any atom is 0.127 e. The molecule has 24 heavy (non-hydrogen) atoms. The Morgan fingerprint density at radius 3 is 2.21 bits per heavy atom. The summed E-state index contributed by atoms with van der Waals surface area (Å²) in [5, 5.41) is 19.5. The number of benzene rings is 2. The molecule has 3 rings (SSSR count). The van der Waals surface area contributed by atoms with Crippen molar-refractivity contribution in [3.05, 3.63) is 53.6 Å². The quantitative estimate of drug-likeness (QED) is 0.759. The second kappa shape index (κ2) is 7.16. The van der Waals surface area contributed by atoms with Crippen molar-refractivity contribution in [2.75, 3.05) is 0 Å². The third-order valence-corrected chi connectivity index (χ3v) is 5.00. The van der Waals surface area contributed by atoms with E-state index in [2.05, 4.69) is 13.8 Å². The van der Waals surface area contributed by atoms with Crippen LogP contribution in [-0.4, -0.2) is 10.2 Å². The van der Waals surface area contributed by atoms with E-state index in [1.54, 1.807) is 18.2 Å². The molecule has 2 N–H and O–H groups in total. The first kappa shape index (κ1) is 16.7. The minimum Gasteiger partial charge on any atom is -0.508 e. The lowest BCUT2D eigenvalue weighted by Gasteiger charge is -2.40. The van der Waals surface area contributed by atoms with E-state index in [-0.39, 0.29) is 11.9 Å². The summed E-state index contributed by atoms with van der Waals surface area (Å²) in [7, 11) is 0. The molecule has 3 nitrogen and oxygen atoms in total. The first-order valence-corrected chi connectivity index (χ1v) is 8.92. The predicted octanol–water partition coefficient (Wildman–Crippen LogP) is 5.53. The highest BCUT2D eigenvalue weighted by Crippen LogP contribution is 2.50. The van der Waals surface area contributed by atoms with Gasteiger partial charge in [-0.15, -0.1) is 0 Å². The Balaban J connectivity index is 2.05. The largest absolute Gasteiger partial charge is 0.508 e. The van der Waals surface area contributed by atoms with E-state index in [0.717, 1.165) is 42.6 Å². The zero-order valence-electron chi connectivity index (χ0n) is 14.4. The summed E-state index contributed by atoms with van der Waals surface area (Å²) >= 11 is 0. The molecule has 0 radical (unpaired) electrons. The highest BCUT2D eigenvalue weighted by atomic mass is 16.5. The second-order valence-electron chi connectivity index (χ2n) is 6.70. The van der Waals surface area contributed by atoms with Gasteiger partial charge in [0.1, 0.15) is 23.4 Å². The molecule has 0 amide bonds. The number of rotatable bonds is 5. The van der Waals surface area contributed by atoms with Gasteiger partial charge in [0.15, 0.2) is 0 Å². The highest BCUT2D eigenvalue weighted by molar-refractivity contribution is 5.45. The van der Waals surface area contributed by atoms with E-state index in [4.69, 9.17) is 4.74 Å². The van der Waals surface area contributed by atoms with Crippen LogP contribution in [0.25, 0.3) is 0 Å². The van der Waals surface area contributed by atoms with E-state index < -0.39 is 0 Å². The van der Waals surface area contributed by atoms with Gasteiger partial charge in [0, 0.05) is 11.5 Å². The van der Waals surface area contributed by atoms with Crippen molar-refractivity contribution in [3.63, 3.8) is 0 Å². The lowest BCUT2D eigenvalue weighted by molar-refractivity contribution is 0.0817. The predicted molar refractivity (Wildman–Crippen MR) is 95.6 cm³/mol. The monoisotopic (exact) mass is 326 g/mol. The number of ether oxygens (including phenoxy) is 1.